The van der Waals surface area contributed by atoms with Crippen LogP contribution in [0.1, 0.15) is 20.8 Å². The van der Waals surface area contributed by atoms with Crippen LogP contribution in [0.15, 0.2) is 29.2 Å². The second-order valence-corrected chi connectivity index (χ2v) is 6.00. The molecule has 0 aliphatic heterocycles. The second-order valence-electron chi connectivity index (χ2n) is 5.64. The number of nitrogens with zero attached hydrogens (tertiary/aromatic N) is 3. The fourth-order valence-corrected chi connectivity index (χ4v) is 2.56. The predicted molar refractivity (Wildman–Crippen MR) is 76.3 cm³/mol. The fraction of sp³-hybridized carbons (Fsp3) is 0.538. The van der Waals surface area contributed by atoms with Crippen LogP contribution in [0, 0.1) is 11.3 Å². The standard InChI is InChI=1S/C13H19N3OS/c1-13(2,3)10(9-18)8-16-12(17)15-7-5-4-6-11(15)14-16/h4-7,10,18H,8-9H2,1-3H3. The molecular formula is C13H19N3OS. The molecule has 2 rings (SSSR count). The normalized spacial score (nSPS) is 14.0. The van der Waals surface area contributed by atoms with Gasteiger partial charge in [-0.15, -0.1) is 5.10 Å². The van der Waals surface area contributed by atoms with Gasteiger partial charge in [-0.25, -0.2) is 9.48 Å². The number of aromatic nitrogens is 3. The van der Waals surface area contributed by atoms with E-state index >= 15 is 0 Å². The number of pyridine rings is 1. The Hall–Kier alpha value is -1.23. The van der Waals surface area contributed by atoms with Crippen LogP contribution >= 0.6 is 12.6 Å². The van der Waals surface area contributed by atoms with E-state index in [0.717, 1.165) is 5.75 Å². The van der Waals surface area contributed by atoms with E-state index in [1.807, 2.05) is 18.2 Å². The molecule has 5 heteroatoms. The molecule has 2 aromatic rings. The Kier molecular flexibility index (Phi) is 3.52. The number of hydrogen-bond acceptors (Lipinski definition) is 3. The molecule has 2 heterocycles. The van der Waals surface area contributed by atoms with E-state index in [1.165, 1.54) is 0 Å². The van der Waals surface area contributed by atoms with Crippen molar-refractivity contribution in [2.45, 2.75) is 27.3 Å². The van der Waals surface area contributed by atoms with Gasteiger partial charge in [0.25, 0.3) is 0 Å². The summed E-state index contributed by atoms with van der Waals surface area (Å²) in [4.78, 5) is 12.1. The lowest BCUT2D eigenvalue weighted by Crippen LogP contribution is -2.32. The third-order valence-corrected chi connectivity index (χ3v) is 3.77. The first-order valence-corrected chi connectivity index (χ1v) is 6.72. The summed E-state index contributed by atoms with van der Waals surface area (Å²) in [5.41, 5.74) is 0.715. The highest BCUT2D eigenvalue weighted by molar-refractivity contribution is 7.80. The van der Waals surface area contributed by atoms with Crippen LogP contribution in [-0.4, -0.2) is 19.9 Å². The molecule has 98 valence electrons. The van der Waals surface area contributed by atoms with Crippen molar-refractivity contribution >= 4 is 18.3 Å². The summed E-state index contributed by atoms with van der Waals surface area (Å²) in [5, 5.41) is 4.35. The molecule has 0 aliphatic carbocycles. The van der Waals surface area contributed by atoms with Gasteiger partial charge in [-0.2, -0.15) is 12.6 Å². The predicted octanol–water partition coefficient (Wildman–Crippen LogP) is 2.09. The van der Waals surface area contributed by atoms with Gasteiger partial charge >= 0.3 is 5.69 Å². The molecule has 1 unspecified atom stereocenters. The highest BCUT2D eigenvalue weighted by Crippen LogP contribution is 2.27. The molecule has 4 nitrogen and oxygen atoms in total. The second kappa shape index (κ2) is 4.80. The summed E-state index contributed by atoms with van der Waals surface area (Å²) in [5.74, 6) is 1.05. The fourth-order valence-electron chi connectivity index (χ4n) is 1.90. The maximum absolute atomic E-state index is 12.1. The molecule has 1 atom stereocenters. The first kappa shape index (κ1) is 13.2. The van der Waals surface area contributed by atoms with Gasteiger partial charge in [-0.05, 0) is 29.2 Å². The average Bonchev–Trinajstić information content (AvgIpc) is 2.62. The maximum atomic E-state index is 12.1. The average molecular weight is 265 g/mol. The molecule has 0 N–H and O–H groups in total. The van der Waals surface area contributed by atoms with Gasteiger partial charge in [0.15, 0.2) is 5.65 Å². The van der Waals surface area contributed by atoms with Crippen molar-refractivity contribution in [1.29, 1.82) is 0 Å². The van der Waals surface area contributed by atoms with Crippen LogP contribution in [0.4, 0.5) is 0 Å². The number of thiol groups is 1. The molecule has 0 radical (unpaired) electrons. The Morgan fingerprint density at radius 3 is 2.67 bits per heavy atom. The van der Waals surface area contributed by atoms with Crippen LogP contribution in [0.25, 0.3) is 5.65 Å². The van der Waals surface area contributed by atoms with E-state index in [9.17, 15) is 4.79 Å². The largest absolute Gasteiger partial charge is 0.350 e. The molecule has 0 bridgehead atoms. The highest BCUT2D eigenvalue weighted by Gasteiger charge is 2.25. The van der Waals surface area contributed by atoms with Crippen LogP contribution in [0.5, 0.6) is 0 Å². The summed E-state index contributed by atoms with van der Waals surface area (Å²) in [6, 6.07) is 5.55. The van der Waals surface area contributed by atoms with Crippen molar-refractivity contribution < 1.29 is 0 Å². The summed E-state index contributed by atoms with van der Waals surface area (Å²) in [6.07, 6.45) is 1.74. The third kappa shape index (κ3) is 2.46. The van der Waals surface area contributed by atoms with Crippen molar-refractivity contribution in [2.24, 2.45) is 11.3 Å². The zero-order chi connectivity index (χ0) is 13.3. The van der Waals surface area contributed by atoms with Gasteiger partial charge in [0.2, 0.25) is 0 Å². The quantitative estimate of drug-likeness (QED) is 0.863. The first-order valence-electron chi connectivity index (χ1n) is 6.08. The molecule has 0 saturated heterocycles. The first-order chi connectivity index (χ1) is 8.43. The zero-order valence-corrected chi connectivity index (χ0v) is 11.9. The van der Waals surface area contributed by atoms with E-state index in [4.69, 9.17) is 0 Å². The van der Waals surface area contributed by atoms with Gasteiger partial charge < -0.3 is 0 Å². The van der Waals surface area contributed by atoms with Gasteiger partial charge in [0, 0.05) is 6.20 Å². The Morgan fingerprint density at radius 2 is 2.11 bits per heavy atom. The topological polar surface area (TPSA) is 39.3 Å². The molecule has 0 aliphatic rings. The van der Waals surface area contributed by atoms with Crippen LogP contribution in [0.2, 0.25) is 0 Å². The van der Waals surface area contributed by atoms with Crippen molar-refractivity contribution in [3.63, 3.8) is 0 Å². The Morgan fingerprint density at radius 1 is 1.39 bits per heavy atom. The molecule has 18 heavy (non-hydrogen) atoms. The van der Waals surface area contributed by atoms with Gasteiger partial charge in [0.1, 0.15) is 0 Å². The van der Waals surface area contributed by atoms with Crippen molar-refractivity contribution in [3.8, 4) is 0 Å². The van der Waals surface area contributed by atoms with Gasteiger partial charge in [0.05, 0.1) is 6.54 Å². The van der Waals surface area contributed by atoms with E-state index in [2.05, 4.69) is 38.5 Å². The van der Waals surface area contributed by atoms with Crippen molar-refractivity contribution in [2.75, 3.05) is 5.75 Å². The van der Waals surface area contributed by atoms with Crippen LogP contribution < -0.4 is 5.69 Å². The summed E-state index contributed by atoms with van der Waals surface area (Å²) >= 11 is 4.39. The number of rotatable bonds is 3. The molecule has 0 aromatic carbocycles. The summed E-state index contributed by atoms with van der Waals surface area (Å²) in [6.45, 7) is 7.09. The van der Waals surface area contributed by atoms with Gasteiger partial charge in [-0.1, -0.05) is 26.8 Å². The Bertz CT molecular complexity index is 594. The number of fused-ring (bicyclic) bond motifs is 1. The molecular weight excluding hydrogens is 246 g/mol. The molecule has 0 fully saturated rings. The minimum absolute atomic E-state index is 0.0818. The maximum Gasteiger partial charge on any atom is 0.350 e. The summed E-state index contributed by atoms with van der Waals surface area (Å²) in [7, 11) is 0. The lowest BCUT2D eigenvalue weighted by molar-refractivity contribution is 0.229. The lowest BCUT2D eigenvalue weighted by atomic mass is 9.82. The SMILES string of the molecule is CC(C)(C)C(CS)Cn1nc2ccccn2c1=O. The minimum Gasteiger partial charge on any atom is -0.250 e. The van der Waals surface area contributed by atoms with Gasteiger partial charge in [-0.3, -0.25) is 4.40 Å². The monoisotopic (exact) mass is 265 g/mol. The van der Waals surface area contributed by atoms with Crippen molar-refractivity contribution in [1.82, 2.24) is 14.2 Å². The van der Waals surface area contributed by atoms with E-state index in [1.54, 1.807) is 15.3 Å². The summed E-state index contributed by atoms with van der Waals surface area (Å²) < 4.78 is 3.11. The van der Waals surface area contributed by atoms with E-state index in [0.29, 0.717) is 18.1 Å². The molecule has 2 aromatic heterocycles. The smallest absolute Gasteiger partial charge is 0.250 e. The molecule has 0 amide bonds. The van der Waals surface area contributed by atoms with Crippen molar-refractivity contribution in [3.05, 3.63) is 34.9 Å². The molecule has 0 saturated carbocycles. The Labute approximate surface area is 112 Å². The van der Waals surface area contributed by atoms with E-state index < -0.39 is 0 Å². The zero-order valence-electron chi connectivity index (χ0n) is 11.0. The van der Waals surface area contributed by atoms with Crippen LogP contribution in [0.3, 0.4) is 0 Å². The van der Waals surface area contributed by atoms with Crippen LogP contribution in [-0.2, 0) is 6.54 Å². The minimum atomic E-state index is -0.0818. The third-order valence-electron chi connectivity index (χ3n) is 3.33. The molecule has 0 spiro atoms. The highest BCUT2D eigenvalue weighted by atomic mass is 32.1. The number of hydrogen-bond donors (Lipinski definition) is 1. The Balaban J connectivity index is 2.38. The van der Waals surface area contributed by atoms with E-state index in [-0.39, 0.29) is 11.1 Å². The lowest BCUT2D eigenvalue weighted by Gasteiger charge is -2.28.